The molecule has 0 bridgehead atoms. The number of anilines is 1. The van der Waals surface area contributed by atoms with Crippen LogP contribution in [0.2, 0.25) is 0 Å². The van der Waals surface area contributed by atoms with E-state index in [1.807, 2.05) is 66.2 Å². The number of aromatic nitrogens is 1. The summed E-state index contributed by atoms with van der Waals surface area (Å²) in [6.45, 7) is 1.24. The Kier molecular flexibility index (Phi) is 8.72. The van der Waals surface area contributed by atoms with Crippen LogP contribution in [0.3, 0.4) is 0 Å². The van der Waals surface area contributed by atoms with E-state index in [1.165, 1.54) is 7.11 Å². The van der Waals surface area contributed by atoms with Crippen molar-refractivity contribution in [3.8, 4) is 0 Å². The Morgan fingerprint density at radius 3 is 2.41 bits per heavy atom. The third-order valence-corrected chi connectivity index (χ3v) is 5.59. The van der Waals surface area contributed by atoms with Crippen LogP contribution in [0.25, 0.3) is 10.9 Å². The van der Waals surface area contributed by atoms with Crippen LogP contribution in [-0.2, 0) is 27.2 Å². The van der Waals surface area contributed by atoms with Crippen molar-refractivity contribution < 1.29 is 19.1 Å². The summed E-state index contributed by atoms with van der Waals surface area (Å²) in [5, 5.41) is 4.11. The molecule has 0 aliphatic rings. The van der Waals surface area contributed by atoms with E-state index in [0.717, 1.165) is 60.8 Å². The number of carbonyl (C=O) groups is 2. The molecule has 6 nitrogen and oxygen atoms in total. The van der Waals surface area contributed by atoms with Crippen LogP contribution in [0.5, 0.6) is 0 Å². The van der Waals surface area contributed by atoms with Gasteiger partial charge in [0.25, 0.3) is 0 Å². The van der Waals surface area contributed by atoms with Gasteiger partial charge in [0, 0.05) is 30.2 Å². The van der Waals surface area contributed by atoms with Crippen molar-refractivity contribution in [3.63, 3.8) is 0 Å². The van der Waals surface area contributed by atoms with E-state index < -0.39 is 0 Å². The van der Waals surface area contributed by atoms with Crippen LogP contribution < -0.4 is 5.32 Å². The predicted molar refractivity (Wildman–Crippen MR) is 127 cm³/mol. The zero-order chi connectivity index (χ0) is 22.8. The number of ether oxygens (including phenoxy) is 2. The fraction of sp³-hybridized carbons (Fsp3) is 0.385. The highest BCUT2D eigenvalue weighted by Crippen LogP contribution is 2.21. The van der Waals surface area contributed by atoms with Crippen LogP contribution >= 0.6 is 0 Å². The largest absolute Gasteiger partial charge is 0.465 e. The van der Waals surface area contributed by atoms with Crippen molar-refractivity contribution in [2.45, 2.75) is 45.1 Å². The summed E-state index contributed by atoms with van der Waals surface area (Å²) in [4.78, 5) is 24.1. The highest BCUT2D eigenvalue weighted by atomic mass is 16.5. The fourth-order valence-corrected chi connectivity index (χ4v) is 3.82. The lowest BCUT2D eigenvalue weighted by molar-refractivity contribution is -0.142. The third-order valence-electron chi connectivity index (χ3n) is 5.59. The van der Waals surface area contributed by atoms with Gasteiger partial charge in [-0.3, -0.25) is 4.79 Å². The van der Waals surface area contributed by atoms with E-state index >= 15 is 0 Å². The molecule has 0 saturated carbocycles. The molecule has 170 valence electrons. The number of rotatable bonds is 12. The Labute approximate surface area is 189 Å². The van der Waals surface area contributed by atoms with E-state index in [4.69, 9.17) is 9.47 Å². The first-order valence-corrected chi connectivity index (χ1v) is 11.2. The topological polar surface area (TPSA) is 69.6 Å². The lowest BCUT2D eigenvalue weighted by Crippen LogP contribution is -2.10. The van der Waals surface area contributed by atoms with Gasteiger partial charge in [-0.2, -0.15) is 0 Å². The second-order valence-electron chi connectivity index (χ2n) is 7.84. The number of nitrogens with one attached hydrogen (secondary N) is 1. The Bertz CT molecular complexity index is 1020. The predicted octanol–water partition coefficient (Wildman–Crippen LogP) is 5.21. The van der Waals surface area contributed by atoms with Crippen molar-refractivity contribution in [3.05, 3.63) is 65.9 Å². The van der Waals surface area contributed by atoms with E-state index in [2.05, 4.69) is 5.32 Å². The normalized spacial score (nSPS) is 10.8. The fourth-order valence-electron chi connectivity index (χ4n) is 3.82. The molecule has 0 unspecified atom stereocenters. The number of methoxy groups -OCH3 is 1. The first-order valence-electron chi connectivity index (χ1n) is 11.2. The molecule has 1 N–H and O–H groups in total. The van der Waals surface area contributed by atoms with Crippen molar-refractivity contribution >= 4 is 28.5 Å². The Morgan fingerprint density at radius 2 is 1.66 bits per heavy atom. The summed E-state index contributed by atoms with van der Waals surface area (Å²) in [7, 11) is 3.28. The van der Waals surface area contributed by atoms with Crippen LogP contribution in [0, 0.1) is 0 Å². The Balaban J connectivity index is 1.33. The Morgan fingerprint density at radius 1 is 0.938 bits per heavy atom. The summed E-state index contributed by atoms with van der Waals surface area (Å²) in [5.74, 6) is -0.488. The van der Waals surface area contributed by atoms with Gasteiger partial charge in [-0.1, -0.05) is 49.6 Å². The highest BCUT2D eigenvalue weighted by molar-refractivity contribution is 5.95. The standard InChI is InChI=1S/C26H32N2O4/c1-27-22-14-12-20(13-15-22)18-25(29)32-17-9-5-3-4-8-16-28-23-11-7-6-10-21(23)19-24(28)26(30)31-2/h6-7,10-15,19,27H,3-5,8-9,16-18H2,1-2H3. The van der Waals surface area contributed by atoms with Crippen molar-refractivity contribution in [1.82, 2.24) is 4.57 Å². The van der Waals surface area contributed by atoms with Crippen molar-refractivity contribution in [2.24, 2.45) is 0 Å². The smallest absolute Gasteiger partial charge is 0.354 e. The molecule has 6 heteroatoms. The summed E-state index contributed by atoms with van der Waals surface area (Å²) in [6.07, 6.45) is 5.28. The second-order valence-corrected chi connectivity index (χ2v) is 7.84. The maximum atomic E-state index is 12.1. The quantitative estimate of drug-likeness (QED) is 0.312. The van der Waals surface area contributed by atoms with Gasteiger partial charge in [-0.25, -0.2) is 4.79 Å². The Hall–Kier alpha value is -3.28. The first-order chi connectivity index (χ1) is 15.6. The molecule has 1 heterocycles. The van der Waals surface area contributed by atoms with E-state index in [-0.39, 0.29) is 11.9 Å². The van der Waals surface area contributed by atoms with Crippen molar-refractivity contribution in [1.29, 1.82) is 0 Å². The van der Waals surface area contributed by atoms with E-state index in [9.17, 15) is 9.59 Å². The van der Waals surface area contributed by atoms with Gasteiger partial charge in [0.2, 0.25) is 0 Å². The number of unbranched alkanes of at least 4 members (excludes halogenated alkanes) is 4. The molecule has 0 fully saturated rings. The lowest BCUT2D eigenvalue weighted by Gasteiger charge is -2.10. The average Bonchev–Trinajstić information content (AvgIpc) is 3.19. The van der Waals surface area contributed by atoms with Gasteiger partial charge in [0.1, 0.15) is 5.69 Å². The number of para-hydroxylation sites is 1. The number of benzene rings is 2. The number of hydrogen-bond donors (Lipinski definition) is 1. The molecular formula is C26H32N2O4. The molecule has 0 atom stereocenters. The average molecular weight is 437 g/mol. The number of hydrogen-bond acceptors (Lipinski definition) is 5. The first kappa shape index (κ1) is 23.4. The zero-order valence-corrected chi connectivity index (χ0v) is 18.9. The number of fused-ring (bicyclic) bond motifs is 1. The van der Waals surface area contributed by atoms with E-state index in [1.54, 1.807) is 0 Å². The maximum Gasteiger partial charge on any atom is 0.354 e. The molecule has 3 aromatic rings. The molecule has 32 heavy (non-hydrogen) atoms. The molecule has 0 aliphatic carbocycles. The minimum atomic E-state index is -0.305. The summed E-state index contributed by atoms with van der Waals surface area (Å²) in [6, 6.07) is 17.7. The highest BCUT2D eigenvalue weighted by Gasteiger charge is 2.15. The van der Waals surface area contributed by atoms with Gasteiger partial charge < -0.3 is 19.4 Å². The van der Waals surface area contributed by atoms with Gasteiger partial charge in [-0.15, -0.1) is 0 Å². The van der Waals surface area contributed by atoms with Crippen LogP contribution in [0.1, 0.15) is 48.2 Å². The van der Waals surface area contributed by atoms with Crippen LogP contribution in [-0.4, -0.2) is 37.3 Å². The van der Waals surface area contributed by atoms with Gasteiger partial charge >= 0.3 is 11.9 Å². The molecule has 0 amide bonds. The lowest BCUT2D eigenvalue weighted by atomic mass is 10.1. The van der Waals surface area contributed by atoms with Gasteiger partial charge in [0.05, 0.1) is 20.1 Å². The number of aryl methyl sites for hydroxylation is 1. The number of carbonyl (C=O) groups excluding carboxylic acids is 2. The monoisotopic (exact) mass is 436 g/mol. The minimum Gasteiger partial charge on any atom is -0.465 e. The third kappa shape index (κ3) is 6.36. The molecule has 1 aromatic heterocycles. The molecule has 0 saturated heterocycles. The summed E-state index contributed by atoms with van der Waals surface area (Å²) >= 11 is 0. The van der Waals surface area contributed by atoms with Crippen LogP contribution in [0.15, 0.2) is 54.6 Å². The summed E-state index contributed by atoms with van der Waals surface area (Å²) in [5.41, 5.74) is 3.63. The van der Waals surface area contributed by atoms with Crippen LogP contribution in [0.4, 0.5) is 5.69 Å². The molecule has 0 aliphatic heterocycles. The SMILES string of the molecule is CNc1ccc(CC(=O)OCCCCCCCn2c(C(=O)OC)cc3ccccc32)cc1. The molecule has 0 spiro atoms. The zero-order valence-electron chi connectivity index (χ0n) is 18.9. The molecule has 0 radical (unpaired) electrons. The van der Waals surface area contributed by atoms with Gasteiger partial charge in [-0.05, 0) is 42.7 Å². The summed E-state index contributed by atoms with van der Waals surface area (Å²) < 4.78 is 12.3. The second kappa shape index (κ2) is 11.9. The molecule has 2 aromatic carbocycles. The van der Waals surface area contributed by atoms with Crippen molar-refractivity contribution in [2.75, 3.05) is 26.1 Å². The number of nitrogens with zero attached hydrogens (tertiary/aromatic N) is 1. The van der Waals surface area contributed by atoms with E-state index in [0.29, 0.717) is 18.7 Å². The molecule has 3 rings (SSSR count). The minimum absolute atomic E-state index is 0.183. The van der Waals surface area contributed by atoms with Gasteiger partial charge in [0.15, 0.2) is 0 Å². The maximum absolute atomic E-state index is 12.1. The molecular weight excluding hydrogens is 404 g/mol. The number of esters is 2.